The number of esters is 2. The summed E-state index contributed by atoms with van der Waals surface area (Å²) in [6.07, 6.45) is -0.331. The van der Waals surface area contributed by atoms with Crippen LogP contribution in [0.5, 0.6) is 11.5 Å². The quantitative estimate of drug-likeness (QED) is 0.0546. The number of ether oxygens (including phenoxy) is 2. The Labute approximate surface area is 234 Å². The number of imidazole rings is 1. The van der Waals surface area contributed by atoms with Crippen LogP contribution in [-0.4, -0.2) is 61.5 Å². The highest BCUT2D eigenvalue weighted by molar-refractivity contribution is 6.00. The zero-order chi connectivity index (χ0) is 29.7. The number of nitrogens with one attached hydrogen (secondary N) is 1. The van der Waals surface area contributed by atoms with Crippen LogP contribution in [0.1, 0.15) is 42.9 Å². The number of carbonyl (C=O) groups is 2. The van der Waals surface area contributed by atoms with E-state index >= 15 is 0 Å². The van der Waals surface area contributed by atoms with Gasteiger partial charge in [-0.1, -0.05) is 11.2 Å². The number of oxime groups is 1. The van der Waals surface area contributed by atoms with Crippen LogP contribution in [0.2, 0.25) is 0 Å². The Morgan fingerprint density at radius 2 is 1.73 bits per heavy atom. The maximum Gasteiger partial charge on any atom is 0.313 e. The van der Waals surface area contributed by atoms with Gasteiger partial charge < -0.3 is 40.7 Å². The first-order chi connectivity index (χ1) is 19.7. The highest BCUT2D eigenvalue weighted by atomic mass is 16.5. The molecule has 12 nitrogen and oxygen atoms in total. The zero-order valence-electron chi connectivity index (χ0n) is 22.4. The molecule has 4 rings (SSSR count). The number of aromatic amines is 1. The van der Waals surface area contributed by atoms with Gasteiger partial charge in [-0.25, -0.2) is 4.98 Å². The molecular formula is C29H30N4O8. The molecular weight excluding hydrogens is 532 g/mol. The van der Waals surface area contributed by atoms with E-state index in [9.17, 15) is 24.9 Å². The van der Waals surface area contributed by atoms with Gasteiger partial charge in [0.25, 0.3) is 0 Å². The third-order valence-corrected chi connectivity index (χ3v) is 6.46. The summed E-state index contributed by atoms with van der Waals surface area (Å²) in [5.74, 6) is -2.78. The normalized spacial score (nSPS) is 12.3. The molecule has 4 aromatic rings. The number of aliphatic hydroxyl groups excluding tert-OH is 1. The molecule has 0 spiro atoms. The van der Waals surface area contributed by atoms with Crippen molar-refractivity contribution >= 4 is 28.8 Å². The number of aliphatic hydroxyl groups is 1. The molecule has 0 bridgehead atoms. The third-order valence-electron chi connectivity index (χ3n) is 6.46. The summed E-state index contributed by atoms with van der Waals surface area (Å²) in [6.45, 7) is 3.16. The van der Waals surface area contributed by atoms with Crippen molar-refractivity contribution in [1.29, 1.82) is 0 Å². The highest BCUT2D eigenvalue weighted by Gasteiger charge is 2.29. The molecule has 1 atom stereocenters. The van der Waals surface area contributed by atoms with Crippen molar-refractivity contribution in [2.45, 2.75) is 32.8 Å². The van der Waals surface area contributed by atoms with Gasteiger partial charge >= 0.3 is 11.9 Å². The standard InChI is InChI=1S/C29H30N4O8/c1-3-40-25(36)13-18(29(38)41-4-2)17-10-20(19-9-15(14-34)5-8-24(19)35)26(37)21(11-17)28-31-22-7-6-16(27(30)33-39)12-23(22)32-28/h5-12,18,34-35,37,39H,3-4,13-14H2,1-2H3,(H2,30,33)(H,31,32). The van der Waals surface area contributed by atoms with Crippen molar-refractivity contribution in [3.05, 3.63) is 65.2 Å². The summed E-state index contributed by atoms with van der Waals surface area (Å²) < 4.78 is 10.3. The van der Waals surface area contributed by atoms with Crippen LogP contribution in [0.3, 0.4) is 0 Å². The first-order valence-corrected chi connectivity index (χ1v) is 12.8. The monoisotopic (exact) mass is 562 g/mol. The number of H-pyrrole nitrogens is 1. The molecule has 0 aliphatic rings. The maximum absolute atomic E-state index is 13.1. The van der Waals surface area contributed by atoms with Crippen LogP contribution in [0.4, 0.5) is 0 Å². The first-order valence-electron chi connectivity index (χ1n) is 12.8. The van der Waals surface area contributed by atoms with Gasteiger partial charge in [0.2, 0.25) is 0 Å². The number of carbonyl (C=O) groups excluding carboxylic acids is 2. The number of benzene rings is 3. The minimum atomic E-state index is -1.10. The fourth-order valence-electron chi connectivity index (χ4n) is 4.46. The molecule has 0 radical (unpaired) electrons. The third kappa shape index (κ3) is 6.07. The number of hydrogen-bond acceptors (Lipinski definition) is 10. The number of aromatic hydroxyl groups is 2. The van der Waals surface area contributed by atoms with Gasteiger partial charge in [0.05, 0.1) is 48.8 Å². The van der Waals surface area contributed by atoms with Gasteiger partial charge in [-0.15, -0.1) is 0 Å². The SMILES string of the molecule is CCOC(=O)CC(C(=O)OCC)c1cc(-c2nc3ccc(C(N)=NO)cc3[nH]2)c(O)c(-c2cc(CO)ccc2O)c1. The fourth-order valence-corrected chi connectivity index (χ4v) is 4.46. The molecule has 0 fully saturated rings. The van der Waals surface area contributed by atoms with Crippen LogP contribution in [0.15, 0.2) is 53.7 Å². The lowest BCUT2D eigenvalue weighted by atomic mass is 9.89. The predicted molar refractivity (Wildman–Crippen MR) is 149 cm³/mol. The van der Waals surface area contributed by atoms with Crippen molar-refractivity contribution in [3.8, 4) is 34.0 Å². The Morgan fingerprint density at radius 3 is 2.41 bits per heavy atom. The van der Waals surface area contributed by atoms with Gasteiger partial charge in [-0.2, -0.15) is 0 Å². The Bertz CT molecular complexity index is 1630. The number of hydrogen-bond donors (Lipinski definition) is 6. The zero-order valence-corrected chi connectivity index (χ0v) is 22.4. The number of nitrogens with two attached hydrogens (primary N) is 1. The lowest BCUT2D eigenvalue weighted by molar-refractivity contribution is -0.151. The number of rotatable bonds is 10. The molecule has 1 aromatic heterocycles. The van der Waals surface area contributed by atoms with E-state index in [1.54, 1.807) is 32.0 Å². The largest absolute Gasteiger partial charge is 0.507 e. The fraction of sp³-hybridized carbons (Fsp3) is 0.241. The number of nitrogens with zero attached hydrogens (tertiary/aromatic N) is 2. The van der Waals surface area contributed by atoms with E-state index in [4.69, 9.17) is 20.4 Å². The molecule has 7 N–H and O–H groups in total. The minimum Gasteiger partial charge on any atom is -0.507 e. The van der Waals surface area contributed by atoms with Crippen LogP contribution in [0, 0.1) is 0 Å². The summed E-state index contributed by atoms with van der Waals surface area (Å²) in [6, 6.07) is 12.3. The summed E-state index contributed by atoms with van der Waals surface area (Å²) >= 11 is 0. The average molecular weight is 563 g/mol. The highest BCUT2D eigenvalue weighted by Crippen LogP contribution is 2.44. The van der Waals surface area contributed by atoms with E-state index < -0.39 is 17.9 Å². The number of phenols is 2. The molecule has 0 aliphatic carbocycles. The molecule has 1 unspecified atom stereocenters. The summed E-state index contributed by atoms with van der Waals surface area (Å²) in [7, 11) is 0. The van der Waals surface area contributed by atoms with Crippen molar-refractivity contribution in [3.63, 3.8) is 0 Å². The summed E-state index contributed by atoms with van der Waals surface area (Å²) in [5, 5.41) is 43.9. The molecule has 0 aliphatic heterocycles. The van der Waals surface area contributed by atoms with E-state index in [-0.39, 0.29) is 66.1 Å². The maximum atomic E-state index is 13.1. The van der Waals surface area contributed by atoms with Gasteiger partial charge in [-0.3, -0.25) is 9.59 Å². The van der Waals surface area contributed by atoms with E-state index in [1.165, 1.54) is 30.3 Å². The Balaban J connectivity index is 1.97. The lowest BCUT2D eigenvalue weighted by Gasteiger charge is -2.19. The second-order valence-corrected chi connectivity index (χ2v) is 9.09. The molecule has 12 heteroatoms. The van der Waals surface area contributed by atoms with Gasteiger partial charge in [0.1, 0.15) is 17.3 Å². The first kappa shape index (κ1) is 28.9. The summed E-state index contributed by atoms with van der Waals surface area (Å²) in [4.78, 5) is 33.2. The molecule has 3 aromatic carbocycles. The topological polar surface area (TPSA) is 201 Å². The van der Waals surface area contributed by atoms with Crippen molar-refractivity contribution in [1.82, 2.24) is 9.97 Å². The lowest BCUT2D eigenvalue weighted by Crippen LogP contribution is -2.21. The van der Waals surface area contributed by atoms with E-state index in [0.717, 1.165) is 0 Å². The number of aromatic nitrogens is 2. The molecule has 0 saturated heterocycles. The number of amidine groups is 1. The van der Waals surface area contributed by atoms with Gasteiger partial charge in [-0.05, 0) is 67.4 Å². The van der Waals surface area contributed by atoms with E-state index in [0.29, 0.717) is 27.7 Å². The smallest absolute Gasteiger partial charge is 0.313 e. The van der Waals surface area contributed by atoms with Crippen LogP contribution >= 0.6 is 0 Å². The van der Waals surface area contributed by atoms with E-state index in [1.807, 2.05) is 0 Å². The molecule has 41 heavy (non-hydrogen) atoms. The average Bonchev–Trinajstić information content (AvgIpc) is 3.39. The van der Waals surface area contributed by atoms with Gasteiger partial charge in [0.15, 0.2) is 5.84 Å². The van der Waals surface area contributed by atoms with E-state index in [2.05, 4.69) is 15.1 Å². The second-order valence-electron chi connectivity index (χ2n) is 9.09. The van der Waals surface area contributed by atoms with Crippen molar-refractivity contribution in [2.24, 2.45) is 10.9 Å². The predicted octanol–water partition coefficient (Wildman–Crippen LogP) is 3.49. The number of phenolic OH excluding ortho intramolecular Hbond substituents is 2. The molecule has 214 valence electrons. The Morgan fingerprint density at radius 1 is 1.00 bits per heavy atom. The van der Waals surface area contributed by atoms with Crippen LogP contribution in [-0.2, 0) is 25.7 Å². The molecule has 0 amide bonds. The van der Waals surface area contributed by atoms with Crippen molar-refractivity contribution in [2.75, 3.05) is 13.2 Å². The Kier molecular flexibility index (Phi) is 8.73. The van der Waals surface area contributed by atoms with Crippen LogP contribution < -0.4 is 5.73 Å². The minimum absolute atomic E-state index is 0.0709. The second kappa shape index (κ2) is 12.4. The van der Waals surface area contributed by atoms with Gasteiger partial charge in [0, 0.05) is 16.7 Å². The van der Waals surface area contributed by atoms with Crippen molar-refractivity contribution < 1.29 is 39.6 Å². The van der Waals surface area contributed by atoms with Crippen LogP contribution in [0.25, 0.3) is 33.5 Å². The molecule has 1 heterocycles. The summed E-state index contributed by atoms with van der Waals surface area (Å²) in [5.41, 5.74) is 8.39. The Hall–Kier alpha value is -5.10. The molecule has 0 saturated carbocycles. The number of fused-ring (bicyclic) bond motifs is 1.